The first kappa shape index (κ1) is 22.1. The number of hydrogen-bond acceptors (Lipinski definition) is 5. The highest BCUT2D eigenvalue weighted by molar-refractivity contribution is 5.85. The predicted octanol–water partition coefficient (Wildman–Crippen LogP) is 5.56. The zero-order valence-corrected chi connectivity index (χ0v) is 18.2. The molecule has 4 rings (SSSR count). The van der Waals surface area contributed by atoms with E-state index in [1.165, 1.54) is 0 Å². The fourth-order valence-corrected chi connectivity index (χ4v) is 3.37. The highest BCUT2D eigenvalue weighted by atomic mass is 35.5. The summed E-state index contributed by atoms with van der Waals surface area (Å²) in [5.41, 5.74) is 4.36. The molecule has 0 fully saturated rings. The van der Waals surface area contributed by atoms with Gasteiger partial charge in [0.1, 0.15) is 11.6 Å². The lowest BCUT2D eigenvalue weighted by Gasteiger charge is -2.13. The summed E-state index contributed by atoms with van der Waals surface area (Å²) in [4.78, 5) is 8.31. The molecule has 7 heteroatoms. The molecule has 3 aromatic carbocycles. The molecule has 0 aliphatic heterocycles. The van der Waals surface area contributed by atoms with Gasteiger partial charge in [0.2, 0.25) is 5.75 Å². The second-order valence-corrected chi connectivity index (χ2v) is 6.64. The molecule has 0 unspecified atom stereocenters. The Bertz CT molecular complexity index is 1130. The van der Waals surface area contributed by atoms with Crippen LogP contribution >= 0.6 is 12.4 Å². The van der Waals surface area contributed by atoms with E-state index in [1.807, 2.05) is 54.6 Å². The average molecular weight is 439 g/mol. The maximum Gasteiger partial charge on any atom is 0.203 e. The molecule has 0 aliphatic carbocycles. The van der Waals surface area contributed by atoms with Crippen molar-refractivity contribution in [1.82, 2.24) is 9.97 Å². The summed E-state index contributed by atoms with van der Waals surface area (Å²) in [5, 5.41) is 9.67. The number of H-pyrrole nitrogens is 1. The van der Waals surface area contributed by atoms with Gasteiger partial charge in [-0.3, -0.25) is 0 Å². The van der Waals surface area contributed by atoms with Crippen LogP contribution in [0.3, 0.4) is 0 Å². The van der Waals surface area contributed by atoms with E-state index in [9.17, 15) is 5.11 Å². The van der Waals surface area contributed by atoms with E-state index in [0.717, 1.165) is 28.1 Å². The second-order valence-electron chi connectivity index (χ2n) is 6.64. The summed E-state index contributed by atoms with van der Waals surface area (Å²) in [5.74, 6) is 2.50. The van der Waals surface area contributed by atoms with Gasteiger partial charge < -0.3 is 24.3 Å². The van der Waals surface area contributed by atoms with Gasteiger partial charge >= 0.3 is 0 Å². The number of aromatic nitrogens is 2. The summed E-state index contributed by atoms with van der Waals surface area (Å²) < 4.78 is 16.4. The number of phenols is 1. The van der Waals surface area contributed by atoms with E-state index in [2.05, 4.69) is 4.98 Å². The van der Waals surface area contributed by atoms with Crippen LogP contribution in [0.1, 0.15) is 0 Å². The average Bonchev–Trinajstić information content (AvgIpc) is 3.24. The molecule has 1 heterocycles. The lowest BCUT2D eigenvalue weighted by atomic mass is 10.1. The summed E-state index contributed by atoms with van der Waals surface area (Å²) in [6.45, 7) is 0. The van der Waals surface area contributed by atoms with Crippen molar-refractivity contribution in [2.24, 2.45) is 0 Å². The zero-order valence-electron chi connectivity index (χ0n) is 17.4. The Hall–Kier alpha value is -3.64. The summed E-state index contributed by atoms with van der Waals surface area (Å²) in [6.07, 6.45) is 0. The van der Waals surface area contributed by atoms with Gasteiger partial charge in [-0.15, -0.1) is 12.4 Å². The van der Waals surface area contributed by atoms with Crippen molar-refractivity contribution < 1.29 is 19.3 Å². The molecule has 0 aliphatic rings. The Morgan fingerprint density at radius 2 is 1.35 bits per heavy atom. The first-order valence-electron chi connectivity index (χ1n) is 9.39. The SMILES string of the molecule is COc1cc(-c2nc(-c3ccccc3)c(-c3ccc(O)cc3)[nH]2)cc(OC)c1OC.Cl. The second kappa shape index (κ2) is 9.45. The van der Waals surface area contributed by atoms with Crippen LogP contribution in [0.25, 0.3) is 33.9 Å². The zero-order chi connectivity index (χ0) is 21.1. The number of nitrogens with zero attached hydrogens (tertiary/aromatic N) is 1. The van der Waals surface area contributed by atoms with Crippen LogP contribution in [0.2, 0.25) is 0 Å². The number of aromatic amines is 1. The number of nitrogens with one attached hydrogen (secondary N) is 1. The van der Waals surface area contributed by atoms with Crippen molar-refractivity contribution in [3.8, 4) is 56.9 Å². The molecular weight excluding hydrogens is 416 g/mol. The molecule has 0 saturated heterocycles. The van der Waals surface area contributed by atoms with Gasteiger partial charge in [0.25, 0.3) is 0 Å². The Balaban J connectivity index is 0.00000272. The normalized spacial score (nSPS) is 10.3. The van der Waals surface area contributed by atoms with Crippen molar-refractivity contribution >= 4 is 12.4 Å². The van der Waals surface area contributed by atoms with Gasteiger partial charge in [-0.25, -0.2) is 4.98 Å². The molecule has 0 spiro atoms. The first-order chi connectivity index (χ1) is 14.6. The number of methoxy groups -OCH3 is 3. The third kappa shape index (κ3) is 4.29. The molecule has 31 heavy (non-hydrogen) atoms. The Morgan fingerprint density at radius 3 is 1.90 bits per heavy atom. The highest BCUT2D eigenvalue weighted by Gasteiger charge is 2.19. The number of halogens is 1. The molecule has 2 N–H and O–H groups in total. The number of aromatic hydroxyl groups is 1. The molecule has 4 aromatic rings. The molecule has 0 bridgehead atoms. The molecular formula is C24H23ClN2O4. The van der Waals surface area contributed by atoms with E-state index >= 15 is 0 Å². The maximum absolute atomic E-state index is 9.67. The van der Waals surface area contributed by atoms with Gasteiger partial charge in [0.05, 0.1) is 32.7 Å². The van der Waals surface area contributed by atoms with Crippen LogP contribution in [-0.2, 0) is 0 Å². The van der Waals surface area contributed by atoms with Gasteiger partial charge in [0.15, 0.2) is 11.5 Å². The lowest BCUT2D eigenvalue weighted by Crippen LogP contribution is -1.96. The summed E-state index contributed by atoms with van der Waals surface area (Å²) in [7, 11) is 4.74. The topological polar surface area (TPSA) is 76.6 Å². The minimum Gasteiger partial charge on any atom is -0.508 e. The lowest BCUT2D eigenvalue weighted by molar-refractivity contribution is 0.324. The molecule has 0 atom stereocenters. The minimum absolute atomic E-state index is 0. The number of hydrogen-bond donors (Lipinski definition) is 2. The molecule has 6 nitrogen and oxygen atoms in total. The van der Waals surface area contributed by atoms with Gasteiger partial charge in [-0.1, -0.05) is 30.3 Å². The van der Waals surface area contributed by atoms with Crippen molar-refractivity contribution in [1.29, 1.82) is 0 Å². The van der Waals surface area contributed by atoms with E-state index in [-0.39, 0.29) is 18.2 Å². The highest BCUT2D eigenvalue weighted by Crippen LogP contribution is 2.42. The quantitative estimate of drug-likeness (QED) is 0.412. The third-order valence-corrected chi connectivity index (χ3v) is 4.85. The maximum atomic E-state index is 9.67. The smallest absolute Gasteiger partial charge is 0.203 e. The summed E-state index contributed by atoms with van der Waals surface area (Å²) >= 11 is 0. The first-order valence-corrected chi connectivity index (χ1v) is 9.39. The minimum atomic E-state index is 0. The predicted molar refractivity (Wildman–Crippen MR) is 123 cm³/mol. The molecule has 160 valence electrons. The van der Waals surface area contributed by atoms with E-state index < -0.39 is 0 Å². The van der Waals surface area contributed by atoms with Crippen molar-refractivity contribution in [2.45, 2.75) is 0 Å². The third-order valence-electron chi connectivity index (χ3n) is 4.85. The molecule has 0 radical (unpaired) electrons. The number of phenolic OH excluding ortho intramolecular Hbond substituents is 1. The number of imidazole rings is 1. The Morgan fingerprint density at radius 1 is 0.742 bits per heavy atom. The van der Waals surface area contributed by atoms with Gasteiger partial charge in [0, 0.05) is 16.7 Å². The largest absolute Gasteiger partial charge is 0.508 e. The van der Waals surface area contributed by atoms with Crippen molar-refractivity contribution in [2.75, 3.05) is 21.3 Å². The van der Waals surface area contributed by atoms with Crippen LogP contribution in [-0.4, -0.2) is 36.4 Å². The van der Waals surface area contributed by atoms with Crippen LogP contribution in [0, 0.1) is 0 Å². The van der Waals surface area contributed by atoms with Crippen LogP contribution in [0.5, 0.6) is 23.0 Å². The summed E-state index contributed by atoms with van der Waals surface area (Å²) in [6, 6.07) is 20.7. The van der Waals surface area contributed by atoms with Crippen LogP contribution in [0.4, 0.5) is 0 Å². The van der Waals surface area contributed by atoms with E-state index in [1.54, 1.807) is 33.5 Å². The number of ether oxygens (including phenoxy) is 3. The standard InChI is InChI=1S/C24H22N2O4.ClH/c1-28-19-13-17(14-20(29-2)23(19)30-3)24-25-21(15-7-5-4-6-8-15)22(26-24)16-9-11-18(27)12-10-16;/h4-14,27H,1-3H3,(H,25,26);1H. The monoisotopic (exact) mass is 438 g/mol. The van der Waals surface area contributed by atoms with Gasteiger partial charge in [-0.05, 0) is 36.4 Å². The van der Waals surface area contributed by atoms with E-state index in [0.29, 0.717) is 23.1 Å². The van der Waals surface area contributed by atoms with Crippen molar-refractivity contribution in [3.05, 3.63) is 66.7 Å². The Labute approximate surface area is 186 Å². The van der Waals surface area contributed by atoms with Crippen LogP contribution < -0.4 is 14.2 Å². The van der Waals surface area contributed by atoms with Crippen LogP contribution in [0.15, 0.2) is 66.7 Å². The van der Waals surface area contributed by atoms with Crippen molar-refractivity contribution in [3.63, 3.8) is 0 Å². The molecule has 0 saturated carbocycles. The fourth-order valence-electron chi connectivity index (χ4n) is 3.37. The van der Waals surface area contributed by atoms with Gasteiger partial charge in [-0.2, -0.15) is 0 Å². The number of benzene rings is 3. The number of rotatable bonds is 6. The van der Waals surface area contributed by atoms with E-state index in [4.69, 9.17) is 19.2 Å². The molecule has 1 aromatic heterocycles. The fraction of sp³-hybridized carbons (Fsp3) is 0.125. The molecule has 0 amide bonds. The Kier molecular flexibility index (Phi) is 6.72.